The summed E-state index contributed by atoms with van der Waals surface area (Å²) in [6.07, 6.45) is 0. The molecule has 1 atom stereocenters. The quantitative estimate of drug-likeness (QED) is 0.929. The first-order valence-corrected chi connectivity index (χ1v) is 7.76. The van der Waals surface area contributed by atoms with Gasteiger partial charge in [0.15, 0.2) is 0 Å². The molecule has 0 aliphatic rings. The van der Waals surface area contributed by atoms with Crippen molar-refractivity contribution in [3.05, 3.63) is 29.6 Å². The van der Waals surface area contributed by atoms with E-state index in [2.05, 4.69) is 4.72 Å². The Kier molecular flexibility index (Phi) is 4.90. The van der Waals surface area contributed by atoms with Crippen LogP contribution in [-0.2, 0) is 10.0 Å². The lowest BCUT2D eigenvalue weighted by Crippen LogP contribution is -2.34. The lowest BCUT2D eigenvalue weighted by Gasteiger charge is -2.27. The largest absolute Gasteiger partial charge is 0.242 e. The molecule has 110 valence electrons. The molecule has 0 saturated carbocycles. The number of halogens is 1. The molecule has 0 aliphatic carbocycles. The zero-order valence-corrected chi connectivity index (χ0v) is 12.9. The number of hydrogen-bond acceptors (Lipinski definition) is 3. The summed E-state index contributed by atoms with van der Waals surface area (Å²) in [5.74, 6) is -0.740. The van der Waals surface area contributed by atoms with E-state index in [0.717, 1.165) is 6.07 Å². The van der Waals surface area contributed by atoms with Gasteiger partial charge in [0.25, 0.3) is 0 Å². The summed E-state index contributed by atoms with van der Waals surface area (Å²) in [5, 5.41) is 8.89. The third kappa shape index (κ3) is 3.78. The number of hydrogen-bond donors (Lipinski definition) is 1. The van der Waals surface area contributed by atoms with Gasteiger partial charge in [-0.05, 0) is 23.5 Å². The highest BCUT2D eigenvalue weighted by Crippen LogP contribution is 2.25. The standard InChI is InChI=1S/C14H19FN2O2S/c1-10(14(2,3)4)9-17-20(18,19)13-7-5-6-12(15)11(13)8-16/h5-7,10,17H,9H2,1-4H3. The number of sulfonamides is 1. The summed E-state index contributed by atoms with van der Waals surface area (Å²) < 4.78 is 40.2. The van der Waals surface area contributed by atoms with Crippen LogP contribution in [0.15, 0.2) is 23.1 Å². The normalized spacial score (nSPS) is 13.8. The first kappa shape index (κ1) is 16.6. The van der Waals surface area contributed by atoms with Crippen molar-refractivity contribution < 1.29 is 12.8 Å². The Labute approximate surface area is 119 Å². The molecule has 6 heteroatoms. The Hall–Kier alpha value is -1.45. The van der Waals surface area contributed by atoms with Crippen molar-refractivity contribution >= 4 is 10.0 Å². The molecule has 0 radical (unpaired) electrons. The first-order chi connectivity index (χ1) is 9.09. The van der Waals surface area contributed by atoms with Gasteiger partial charge in [-0.25, -0.2) is 17.5 Å². The van der Waals surface area contributed by atoms with Gasteiger partial charge < -0.3 is 0 Å². The van der Waals surface area contributed by atoms with Crippen LogP contribution in [0.4, 0.5) is 4.39 Å². The van der Waals surface area contributed by atoms with Crippen LogP contribution in [0.5, 0.6) is 0 Å². The Bertz CT molecular complexity index is 628. The van der Waals surface area contributed by atoms with E-state index >= 15 is 0 Å². The molecule has 1 aromatic carbocycles. The molecular weight excluding hydrogens is 279 g/mol. The monoisotopic (exact) mass is 298 g/mol. The Balaban J connectivity index is 3.03. The molecule has 0 saturated heterocycles. The summed E-state index contributed by atoms with van der Waals surface area (Å²) >= 11 is 0. The van der Waals surface area contributed by atoms with Gasteiger partial charge in [0.2, 0.25) is 10.0 Å². The maximum absolute atomic E-state index is 13.5. The zero-order chi connectivity index (χ0) is 15.6. The van der Waals surface area contributed by atoms with Gasteiger partial charge in [-0.3, -0.25) is 0 Å². The van der Waals surface area contributed by atoms with E-state index < -0.39 is 21.4 Å². The van der Waals surface area contributed by atoms with Crippen LogP contribution in [0.25, 0.3) is 0 Å². The Morgan fingerprint density at radius 3 is 2.50 bits per heavy atom. The Morgan fingerprint density at radius 2 is 2.00 bits per heavy atom. The van der Waals surface area contributed by atoms with E-state index in [0.29, 0.717) is 0 Å². The van der Waals surface area contributed by atoms with Crippen LogP contribution in [0, 0.1) is 28.5 Å². The van der Waals surface area contributed by atoms with E-state index in [1.54, 1.807) is 6.07 Å². The molecule has 0 bridgehead atoms. The second-order valence-electron chi connectivity index (χ2n) is 5.84. The molecule has 1 aromatic rings. The van der Waals surface area contributed by atoms with Gasteiger partial charge in [-0.1, -0.05) is 33.8 Å². The molecule has 0 spiro atoms. The lowest BCUT2D eigenvalue weighted by atomic mass is 9.82. The van der Waals surface area contributed by atoms with E-state index in [1.165, 1.54) is 12.1 Å². The summed E-state index contributed by atoms with van der Waals surface area (Å²) in [6, 6.07) is 5.16. The van der Waals surface area contributed by atoms with Gasteiger partial charge in [0.05, 0.1) is 0 Å². The fourth-order valence-corrected chi connectivity index (χ4v) is 2.75. The highest BCUT2D eigenvalue weighted by Gasteiger charge is 2.25. The van der Waals surface area contributed by atoms with Crippen molar-refractivity contribution in [2.45, 2.75) is 32.6 Å². The number of nitrogens with zero attached hydrogens (tertiary/aromatic N) is 1. The fourth-order valence-electron chi connectivity index (χ4n) is 1.46. The van der Waals surface area contributed by atoms with Crippen LogP contribution in [-0.4, -0.2) is 15.0 Å². The molecule has 1 unspecified atom stereocenters. The number of rotatable bonds is 4. The highest BCUT2D eigenvalue weighted by atomic mass is 32.2. The smallest absolute Gasteiger partial charge is 0.211 e. The minimum absolute atomic E-state index is 0.0531. The van der Waals surface area contributed by atoms with Crippen molar-refractivity contribution in [2.24, 2.45) is 11.3 Å². The number of benzene rings is 1. The lowest BCUT2D eigenvalue weighted by molar-refractivity contribution is 0.263. The van der Waals surface area contributed by atoms with Crippen molar-refractivity contribution in [1.29, 1.82) is 5.26 Å². The van der Waals surface area contributed by atoms with Gasteiger partial charge >= 0.3 is 0 Å². The molecule has 4 nitrogen and oxygen atoms in total. The van der Waals surface area contributed by atoms with E-state index in [-0.39, 0.29) is 22.8 Å². The van der Waals surface area contributed by atoms with Crippen LogP contribution in [0.1, 0.15) is 33.3 Å². The molecular formula is C14H19FN2O2S. The van der Waals surface area contributed by atoms with Gasteiger partial charge in [-0.2, -0.15) is 5.26 Å². The van der Waals surface area contributed by atoms with Crippen molar-refractivity contribution in [3.8, 4) is 6.07 Å². The van der Waals surface area contributed by atoms with Crippen molar-refractivity contribution in [2.75, 3.05) is 6.54 Å². The molecule has 1 rings (SSSR count). The summed E-state index contributed by atoms with van der Waals surface area (Å²) in [5.41, 5.74) is -0.508. The van der Waals surface area contributed by atoms with Gasteiger partial charge in [0.1, 0.15) is 22.3 Å². The van der Waals surface area contributed by atoms with Crippen molar-refractivity contribution in [1.82, 2.24) is 4.72 Å². The second kappa shape index (κ2) is 5.90. The highest BCUT2D eigenvalue weighted by molar-refractivity contribution is 7.89. The third-order valence-corrected chi connectivity index (χ3v) is 4.90. The minimum Gasteiger partial charge on any atom is -0.211 e. The zero-order valence-electron chi connectivity index (χ0n) is 12.1. The molecule has 0 aromatic heterocycles. The van der Waals surface area contributed by atoms with E-state index in [4.69, 9.17) is 5.26 Å². The maximum atomic E-state index is 13.5. The van der Waals surface area contributed by atoms with Gasteiger partial charge in [0, 0.05) is 6.54 Å². The Morgan fingerprint density at radius 1 is 1.40 bits per heavy atom. The second-order valence-corrected chi connectivity index (χ2v) is 7.58. The minimum atomic E-state index is -3.89. The van der Waals surface area contributed by atoms with Crippen LogP contribution in [0.2, 0.25) is 0 Å². The van der Waals surface area contributed by atoms with Crippen LogP contribution in [0.3, 0.4) is 0 Å². The summed E-state index contributed by atoms with van der Waals surface area (Å²) in [7, 11) is -3.89. The van der Waals surface area contributed by atoms with E-state index in [1.807, 2.05) is 27.7 Å². The van der Waals surface area contributed by atoms with Crippen LogP contribution < -0.4 is 4.72 Å². The molecule has 0 aliphatic heterocycles. The van der Waals surface area contributed by atoms with Gasteiger partial charge in [-0.15, -0.1) is 0 Å². The molecule has 0 amide bonds. The average molecular weight is 298 g/mol. The summed E-state index contributed by atoms with van der Waals surface area (Å²) in [4.78, 5) is -0.318. The third-order valence-electron chi connectivity index (χ3n) is 3.43. The van der Waals surface area contributed by atoms with Crippen LogP contribution >= 0.6 is 0 Å². The predicted octanol–water partition coefficient (Wildman–Crippen LogP) is 2.66. The maximum Gasteiger partial charge on any atom is 0.242 e. The number of nitrogens with one attached hydrogen (secondary N) is 1. The topological polar surface area (TPSA) is 70.0 Å². The molecule has 1 N–H and O–H groups in total. The van der Waals surface area contributed by atoms with E-state index in [9.17, 15) is 12.8 Å². The number of nitriles is 1. The molecule has 20 heavy (non-hydrogen) atoms. The molecule has 0 heterocycles. The van der Waals surface area contributed by atoms with Crippen molar-refractivity contribution in [3.63, 3.8) is 0 Å². The predicted molar refractivity (Wildman–Crippen MR) is 74.9 cm³/mol. The molecule has 0 fully saturated rings. The average Bonchev–Trinajstić information content (AvgIpc) is 2.34. The summed E-state index contributed by atoms with van der Waals surface area (Å²) in [6.45, 7) is 8.19. The first-order valence-electron chi connectivity index (χ1n) is 6.28. The fraction of sp³-hybridized carbons (Fsp3) is 0.500. The SMILES string of the molecule is CC(CNS(=O)(=O)c1cccc(F)c1C#N)C(C)(C)C.